The third-order valence-corrected chi connectivity index (χ3v) is 4.40. The third kappa shape index (κ3) is 2.49. The summed E-state index contributed by atoms with van der Waals surface area (Å²) in [5.41, 5.74) is 6.92. The van der Waals surface area contributed by atoms with Crippen LogP contribution in [-0.2, 0) is 6.54 Å². The van der Waals surface area contributed by atoms with Crippen molar-refractivity contribution in [2.24, 2.45) is 0 Å². The molecular weight excluding hydrogens is 284 g/mol. The molecule has 0 bridgehead atoms. The molecule has 6 nitrogen and oxygen atoms in total. The van der Waals surface area contributed by atoms with Crippen LogP contribution in [0.4, 0.5) is 5.13 Å². The number of fused-ring (bicyclic) bond motifs is 1. The summed E-state index contributed by atoms with van der Waals surface area (Å²) in [6.45, 7) is 0.556. The molecule has 2 N–H and O–H groups in total. The van der Waals surface area contributed by atoms with Crippen LogP contribution in [0.1, 0.15) is 0 Å². The predicted molar refractivity (Wildman–Crippen MR) is 75.5 cm³/mol. The standard InChI is InChI=1S/C11H10N4O2S2/c12-9-13-14-10(19-9)18-6-5-15-7-3-1-2-4-8(7)17-11(15)16/h1-4H,5-6H2,(H2,12,13). The van der Waals surface area contributed by atoms with Crippen LogP contribution in [0.5, 0.6) is 0 Å². The number of nitrogen functional groups attached to an aromatic ring is 1. The Labute approximate surface area is 116 Å². The van der Waals surface area contributed by atoms with Gasteiger partial charge in [0, 0.05) is 12.3 Å². The Bertz CT molecular complexity index is 761. The van der Waals surface area contributed by atoms with Gasteiger partial charge in [-0.1, -0.05) is 35.2 Å². The Balaban J connectivity index is 1.75. The molecule has 0 saturated heterocycles. The van der Waals surface area contributed by atoms with E-state index >= 15 is 0 Å². The van der Waals surface area contributed by atoms with Gasteiger partial charge in [0.05, 0.1) is 5.52 Å². The normalized spacial score (nSPS) is 11.2. The summed E-state index contributed by atoms with van der Waals surface area (Å²) in [6.07, 6.45) is 0. The fourth-order valence-electron chi connectivity index (χ4n) is 1.73. The van der Waals surface area contributed by atoms with Crippen LogP contribution in [0, 0.1) is 0 Å². The molecule has 8 heteroatoms. The first-order valence-electron chi connectivity index (χ1n) is 5.54. The molecule has 3 aromatic rings. The lowest BCUT2D eigenvalue weighted by atomic mass is 10.3. The number of nitrogens with two attached hydrogens (primary N) is 1. The second-order valence-corrected chi connectivity index (χ2v) is 6.09. The van der Waals surface area contributed by atoms with Gasteiger partial charge in [-0.25, -0.2) is 4.79 Å². The molecular formula is C11H10N4O2S2. The molecule has 98 valence electrons. The number of aromatic nitrogens is 3. The minimum absolute atomic E-state index is 0.335. The van der Waals surface area contributed by atoms with Crippen LogP contribution in [0.3, 0.4) is 0 Å². The van der Waals surface area contributed by atoms with Gasteiger partial charge in [0.15, 0.2) is 9.92 Å². The van der Waals surface area contributed by atoms with E-state index in [-0.39, 0.29) is 5.76 Å². The highest BCUT2D eigenvalue weighted by molar-refractivity contribution is 8.01. The highest BCUT2D eigenvalue weighted by Gasteiger charge is 2.08. The van der Waals surface area contributed by atoms with Crippen molar-refractivity contribution in [3.05, 3.63) is 34.8 Å². The van der Waals surface area contributed by atoms with Crippen LogP contribution < -0.4 is 11.5 Å². The summed E-state index contributed by atoms with van der Waals surface area (Å²) in [4.78, 5) is 11.7. The molecule has 0 spiro atoms. The van der Waals surface area contributed by atoms with Crippen molar-refractivity contribution in [2.45, 2.75) is 10.9 Å². The fourth-order valence-corrected chi connectivity index (χ4v) is 3.36. The summed E-state index contributed by atoms with van der Waals surface area (Å²) >= 11 is 2.86. The average Bonchev–Trinajstić information content (AvgIpc) is 2.94. The lowest BCUT2D eigenvalue weighted by Gasteiger charge is -1.99. The van der Waals surface area contributed by atoms with Crippen molar-refractivity contribution in [2.75, 3.05) is 11.5 Å². The number of para-hydroxylation sites is 2. The van der Waals surface area contributed by atoms with Crippen LogP contribution in [0.2, 0.25) is 0 Å². The third-order valence-electron chi connectivity index (χ3n) is 2.54. The Morgan fingerprint density at radius 2 is 2.21 bits per heavy atom. The van der Waals surface area contributed by atoms with Crippen LogP contribution in [0.15, 0.2) is 37.8 Å². The number of benzene rings is 1. The Morgan fingerprint density at radius 1 is 1.37 bits per heavy atom. The zero-order valence-corrected chi connectivity index (χ0v) is 11.4. The smallest absolute Gasteiger partial charge is 0.408 e. The maximum absolute atomic E-state index is 11.7. The predicted octanol–water partition coefficient (Wildman–Crippen LogP) is 1.82. The molecule has 0 unspecified atom stereocenters. The maximum Gasteiger partial charge on any atom is 0.419 e. The van der Waals surface area contributed by atoms with E-state index in [4.69, 9.17) is 10.2 Å². The number of hydrogen-bond acceptors (Lipinski definition) is 7. The SMILES string of the molecule is Nc1nnc(SCCn2c(=O)oc3ccccc32)s1. The lowest BCUT2D eigenvalue weighted by Crippen LogP contribution is -2.15. The lowest BCUT2D eigenvalue weighted by molar-refractivity contribution is 0.514. The quantitative estimate of drug-likeness (QED) is 0.739. The van der Waals surface area contributed by atoms with E-state index in [0.29, 0.717) is 23.0 Å². The molecule has 3 rings (SSSR count). The molecule has 1 aromatic carbocycles. The van der Waals surface area contributed by atoms with Gasteiger partial charge in [-0.15, -0.1) is 10.2 Å². The second kappa shape index (κ2) is 5.06. The number of aryl methyl sites for hydroxylation is 1. The number of nitrogens with zero attached hydrogens (tertiary/aromatic N) is 3. The Hall–Kier alpha value is -1.80. The van der Waals surface area contributed by atoms with E-state index < -0.39 is 0 Å². The van der Waals surface area contributed by atoms with Gasteiger partial charge in [-0.2, -0.15) is 0 Å². The molecule has 2 aromatic heterocycles. The van der Waals surface area contributed by atoms with Gasteiger partial charge in [0.2, 0.25) is 5.13 Å². The van der Waals surface area contributed by atoms with Gasteiger partial charge in [-0.3, -0.25) is 4.57 Å². The van der Waals surface area contributed by atoms with Gasteiger partial charge >= 0.3 is 5.76 Å². The van der Waals surface area contributed by atoms with Crippen molar-refractivity contribution in [1.29, 1.82) is 0 Å². The van der Waals surface area contributed by atoms with Gasteiger partial charge in [0.25, 0.3) is 0 Å². The number of hydrogen-bond donors (Lipinski definition) is 1. The van der Waals surface area contributed by atoms with Crippen molar-refractivity contribution in [1.82, 2.24) is 14.8 Å². The molecule has 0 fully saturated rings. The molecule has 0 amide bonds. The van der Waals surface area contributed by atoms with Gasteiger partial charge in [-0.05, 0) is 12.1 Å². The molecule has 0 radical (unpaired) electrons. The van der Waals surface area contributed by atoms with E-state index in [1.807, 2.05) is 18.2 Å². The largest absolute Gasteiger partial charge is 0.419 e. The first kappa shape index (κ1) is 12.2. The fraction of sp³-hybridized carbons (Fsp3) is 0.182. The topological polar surface area (TPSA) is 86.9 Å². The van der Waals surface area contributed by atoms with Crippen molar-refractivity contribution in [3.63, 3.8) is 0 Å². The van der Waals surface area contributed by atoms with E-state index in [9.17, 15) is 4.79 Å². The molecule has 19 heavy (non-hydrogen) atoms. The minimum Gasteiger partial charge on any atom is -0.408 e. The summed E-state index contributed by atoms with van der Waals surface area (Å²) in [5, 5.41) is 8.11. The number of anilines is 1. The summed E-state index contributed by atoms with van der Waals surface area (Å²) in [5.74, 6) is 0.372. The van der Waals surface area contributed by atoms with E-state index in [1.165, 1.54) is 23.1 Å². The molecule has 0 aliphatic heterocycles. The first-order valence-corrected chi connectivity index (χ1v) is 7.34. The number of oxazole rings is 1. The monoisotopic (exact) mass is 294 g/mol. The molecule has 2 heterocycles. The number of rotatable bonds is 4. The molecule has 0 saturated carbocycles. The first-order chi connectivity index (χ1) is 9.24. The highest BCUT2D eigenvalue weighted by Crippen LogP contribution is 2.23. The van der Waals surface area contributed by atoms with Crippen LogP contribution >= 0.6 is 23.1 Å². The van der Waals surface area contributed by atoms with Gasteiger partial charge in [0.1, 0.15) is 0 Å². The van der Waals surface area contributed by atoms with Gasteiger partial charge < -0.3 is 10.2 Å². The minimum atomic E-state index is -0.335. The van der Waals surface area contributed by atoms with Crippen molar-refractivity contribution >= 4 is 39.3 Å². The van der Waals surface area contributed by atoms with Crippen LogP contribution in [-0.4, -0.2) is 20.5 Å². The zero-order valence-electron chi connectivity index (χ0n) is 9.78. The van der Waals surface area contributed by atoms with E-state index in [0.717, 1.165) is 9.86 Å². The summed E-state index contributed by atoms with van der Waals surface area (Å²) < 4.78 is 7.58. The molecule has 0 atom stereocenters. The average molecular weight is 294 g/mol. The van der Waals surface area contributed by atoms with E-state index in [1.54, 1.807) is 10.6 Å². The van der Waals surface area contributed by atoms with Crippen LogP contribution in [0.25, 0.3) is 11.1 Å². The molecule has 0 aliphatic rings. The maximum atomic E-state index is 11.7. The summed E-state index contributed by atoms with van der Waals surface area (Å²) in [6, 6.07) is 7.38. The van der Waals surface area contributed by atoms with E-state index in [2.05, 4.69) is 10.2 Å². The Kier molecular flexibility index (Phi) is 3.26. The molecule has 0 aliphatic carbocycles. The number of thioether (sulfide) groups is 1. The summed E-state index contributed by atoms with van der Waals surface area (Å²) in [7, 11) is 0. The van der Waals surface area contributed by atoms with Crippen molar-refractivity contribution in [3.8, 4) is 0 Å². The second-order valence-electron chi connectivity index (χ2n) is 3.74. The van der Waals surface area contributed by atoms with Crippen molar-refractivity contribution < 1.29 is 4.42 Å². The highest BCUT2D eigenvalue weighted by atomic mass is 32.2. The zero-order chi connectivity index (χ0) is 13.2. The Morgan fingerprint density at radius 3 is 3.00 bits per heavy atom.